The second-order valence-corrected chi connectivity index (χ2v) is 8.14. The Balaban J connectivity index is 1.58. The first-order valence-corrected chi connectivity index (χ1v) is 8.21. The minimum absolute atomic E-state index is 0.372. The molecule has 1 nitrogen and oxygen atoms in total. The number of rotatable bonds is 0. The maximum atomic E-state index is 3.96. The summed E-state index contributed by atoms with van der Waals surface area (Å²) >= 11 is 2.16. The summed E-state index contributed by atoms with van der Waals surface area (Å²) < 4.78 is 0. The van der Waals surface area contributed by atoms with Gasteiger partial charge in [0.1, 0.15) is 0 Å². The van der Waals surface area contributed by atoms with Crippen molar-refractivity contribution in [2.24, 2.45) is 23.7 Å². The molecule has 1 aliphatic heterocycles. The van der Waals surface area contributed by atoms with E-state index in [4.69, 9.17) is 0 Å². The van der Waals surface area contributed by atoms with Crippen LogP contribution >= 0.6 is 11.8 Å². The van der Waals surface area contributed by atoms with E-state index in [-0.39, 0.29) is 0 Å². The number of para-hydroxylation sites is 1. The summed E-state index contributed by atoms with van der Waals surface area (Å²) in [5.41, 5.74) is 1.40. The van der Waals surface area contributed by atoms with Crippen LogP contribution in [-0.2, 0) is 0 Å². The summed E-state index contributed by atoms with van der Waals surface area (Å²) in [5.74, 6) is 3.96. The predicted octanol–water partition coefficient (Wildman–Crippen LogP) is 4.36. The Morgan fingerprint density at radius 1 is 0.944 bits per heavy atom. The molecule has 0 atom stereocenters. The van der Waals surface area contributed by atoms with Gasteiger partial charge in [-0.05, 0) is 67.9 Å². The number of hydrogen-bond donors (Lipinski definition) is 1. The van der Waals surface area contributed by atoms with Crippen LogP contribution in [0.15, 0.2) is 29.2 Å². The van der Waals surface area contributed by atoms with E-state index in [1.54, 1.807) is 6.42 Å². The van der Waals surface area contributed by atoms with E-state index in [0.717, 1.165) is 23.7 Å². The van der Waals surface area contributed by atoms with Crippen molar-refractivity contribution in [1.29, 1.82) is 0 Å². The van der Waals surface area contributed by atoms with E-state index in [1.807, 2.05) is 0 Å². The average Bonchev–Trinajstić information content (AvgIpc) is 2.75. The molecule has 4 fully saturated rings. The first-order valence-electron chi connectivity index (χ1n) is 7.40. The number of nitrogens with one attached hydrogen (secondary N) is 1. The van der Waals surface area contributed by atoms with Crippen molar-refractivity contribution in [3.05, 3.63) is 24.3 Å². The molecule has 4 saturated carbocycles. The van der Waals surface area contributed by atoms with E-state index in [0.29, 0.717) is 4.87 Å². The van der Waals surface area contributed by atoms with Gasteiger partial charge in [-0.1, -0.05) is 23.9 Å². The highest BCUT2D eigenvalue weighted by Gasteiger charge is 2.59. The van der Waals surface area contributed by atoms with Gasteiger partial charge < -0.3 is 5.32 Å². The SMILES string of the molecule is c1ccc2c(c1)NC1(S2)C2CC3CC(C2)CC1C3. The van der Waals surface area contributed by atoms with Gasteiger partial charge in [0, 0.05) is 10.6 Å². The van der Waals surface area contributed by atoms with Crippen LogP contribution < -0.4 is 5.32 Å². The lowest BCUT2D eigenvalue weighted by Gasteiger charge is -2.59. The molecule has 94 valence electrons. The van der Waals surface area contributed by atoms with Gasteiger partial charge >= 0.3 is 0 Å². The molecular formula is C16H19NS. The van der Waals surface area contributed by atoms with Crippen LogP contribution in [-0.4, -0.2) is 4.87 Å². The van der Waals surface area contributed by atoms with Crippen molar-refractivity contribution in [3.63, 3.8) is 0 Å². The predicted molar refractivity (Wildman–Crippen MR) is 75.7 cm³/mol. The smallest absolute Gasteiger partial charge is 0.0937 e. The fraction of sp³-hybridized carbons (Fsp3) is 0.625. The van der Waals surface area contributed by atoms with Crippen LogP contribution in [0.4, 0.5) is 5.69 Å². The van der Waals surface area contributed by atoms with E-state index >= 15 is 0 Å². The van der Waals surface area contributed by atoms with Crippen LogP contribution in [0.2, 0.25) is 0 Å². The molecular weight excluding hydrogens is 238 g/mol. The summed E-state index contributed by atoms with van der Waals surface area (Å²) in [7, 11) is 0. The number of hydrogen-bond acceptors (Lipinski definition) is 2. The van der Waals surface area contributed by atoms with E-state index < -0.39 is 0 Å². The average molecular weight is 257 g/mol. The van der Waals surface area contributed by atoms with Crippen molar-refractivity contribution in [1.82, 2.24) is 0 Å². The maximum Gasteiger partial charge on any atom is 0.0937 e. The van der Waals surface area contributed by atoms with Gasteiger partial charge in [-0.3, -0.25) is 0 Å². The van der Waals surface area contributed by atoms with Crippen molar-refractivity contribution < 1.29 is 0 Å². The third-order valence-corrected chi connectivity index (χ3v) is 7.53. The van der Waals surface area contributed by atoms with Crippen molar-refractivity contribution in [3.8, 4) is 0 Å². The van der Waals surface area contributed by atoms with Gasteiger partial charge in [0.15, 0.2) is 0 Å². The number of thioether (sulfide) groups is 1. The Bertz CT molecular complexity index is 455. The Kier molecular flexibility index (Phi) is 1.85. The molecule has 0 radical (unpaired) electrons. The molecule has 0 amide bonds. The lowest BCUT2D eigenvalue weighted by molar-refractivity contribution is -0.00529. The minimum Gasteiger partial charge on any atom is -0.369 e. The second-order valence-electron chi connectivity index (χ2n) is 6.82. The van der Waals surface area contributed by atoms with Gasteiger partial charge in [0.2, 0.25) is 0 Å². The lowest BCUT2D eigenvalue weighted by atomic mass is 9.53. The molecule has 1 spiro atoms. The summed E-state index contributed by atoms with van der Waals surface area (Å²) in [4.78, 5) is 1.86. The molecule has 0 aromatic heterocycles. The highest BCUT2D eigenvalue weighted by molar-refractivity contribution is 8.01. The van der Waals surface area contributed by atoms with E-state index in [9.17, 15) is 0 Å². The standard InChI is InChI=1S/C16H19NS/c1-2-4-15-14(3-1)17-16(18-15)12-6-10-5-11(8-12)9-13(16)7-10/h1-4,10-13,17H,5-9H2. The first kappa shape index (κ1) is 10.2. The van der Waals surface area contributed by atoms with Crippen LogP contribution in [0.3, 0.4) is 0 Å². The number of benzene rings is 1. The summed E-state index contributed by atoms with van der Waals surface area (Å²) in [6.45, 7) is 0. The zero-order chi connectivity index (χ0) is 11.7. The minimum atomic E-state index is 0.372. The van der Waals surface area contributed by atoms with Crippen LogP contribution in [0, 0.1) is 23.7 Å². The molecule has 18 heavy (non-hydrogen) atoms. The fourth-order valence-electron chi connectivity index (χ4n) is 5.33. The van der Waals surface area contributed by atoms with Gasteiger partial charge in [-0.15, -0.1) is 0 Å². The van der Waals surface area contributed by atoms with Gasteiger partial charge in [0.05, 0.1) is 4.87 Å². The van der Waals surface area contributed by atoms with Crippen LogP contribution in [0.1, 0.15) is 32.1 Å². The Morgan fingerprint density at radius 3 is 2.28 bits per heavy atom. The zero-order valence-corrected chi connectivity index (χ0v) is 11.4. The Morgan fingerprint density at radius 2 is 1.61 bits per heavy atom. The largest absolute Gasteiger partial charge is 0.369 e. The Labute approximate surface area is 113 Å². The molecule has 0 saturated heterocycles. The van der Waals surface area contributed by atoms with Gasteiger partial charge in [0.25, 0.3) is 0 Å². The quantitative estimate of drug-likeness (QED) is 0.741. The second kappa shape index (κ2) is 3.27. The summed E-state index contributed by atoms with van der Waals surface area (Å²) in [5, 5.41) is 3.96. The molecule has 2 heteroatoms. The van der Waals surface area contributed by atoms with E-state index in [1.165, 1.54) is 36.3 Å². The number of fused-ring (bicyclic) bond motifs is 1. The maximum absolute atomic E-state index is 3.96. The van der Waals surface area contributed by atoms with E-state index in [2.05, 4.69) is 41.3 Å². The summed E-state index contributed by atoms with van der Waals surface area (Å²) in [6, 6.07) is 8.92. The highest BCUT2D eigenvalue weighted by Crippen LogP contribution is 2.66. The number of anilines is 1. The van der Waals surface area contributed by atoms with Gasteiger partial charge in [-0.2, -0.15) is 0 Å². The molecule has 1 heterocycles. The molecule has 1 aromatic carbocycles. The van der Waals surface area contributed by atoms with Crippen LogP contribution in [0.25, 0.3) is 0 Å². The Hall–Kier alpha value is -0.630. The molecule has 5 aliphatic rings. The highest BCUT2D eigenvalue weighted by atomic mass is 32.2. The molecule has 4 aliphatic carbocycles. The third kappa shape index (κ3) is 1.16. The normalized spacial score (nSPS) is 47.3. The first-order chi connectivity index (χ1) is 8.83. The molecule has 4 bridgehead atoms. The molecule has 0 unspecified atom stereocenters. The molecule has 1 N–H and O–H groups in total. The summed E-state index contributed by atoms with van der Waals surface area (Å²) in [6.07, 6.45) is 7.49. The van der Waals surface area contributed by atoms with Crippen molar-refractivity contribution in [2.45, 2.75) is 41.9 Å². The van der Waals surface area contributed by atoms with Gasteiger partial charge in [-0.25, -0.2) is 0 Å². The lowest BCUT2D eigenvalue weighted by Crippen LogP contribution is -2.58. The van der Waals surface area contributed by atoms with Crippen molar-refractivity contribution in [2.75, 3.05) is 5.32 Å². The van der Waals surface area contributed by atoms with Crippen LogP contribution in [0.5, 0.6) is 0 Å². The zero-order valence-electron chi connectivity index (χ0n) is 10.6. The fourth-order valence-corrected chi connectivity index (χ4v) is 6.95. The monoisotopic (exact) mass is 257 g/mol. The van der Waals surface area contributed by atoms with Crippen molar-refractivity contribution >= 4 is 17.4 Å². The third-order valence-electron chi connectivity index (χ3n) is 5.85. The topological polar surface area (TPSA) is 12.0 Å². The molecule has 1 aromatic rings. The molecule has 6 rings (SSSR count).